The molecule has 1 N–H and O–H groups in total. The van der Waals surface area contributed by atoms with Gasteiger partial charge >= 0.3 is 0 Å². The fraction of sp³-hybridized carbons (Fsp3) is 0.167. The molecule has 2 aliphatic rings. The van der Waals surface area contributed by atoms with E-state index in [1.54, 1.807) is 18.2 Å². The third kappa shape index (κ3) is 3.00. The van der Waals surface area contributed by atoms with Crippen LogP contribution in [0.4, 0.5) is 5.69 Å². The normalized spacial score (nSPS) is 19.3. The van der Waals surface area contributed by atoms with E-state index in [2.05, 4.69) is 0 Å². The van der Waals surface area contributed by atoms with Crippen molar-refractivity contribution in [3.05, 3.63) is 81.1 Å². The zero-order valence-electron chi connectivity index (χ0n) is 16.9. The Balaban J connectivity index is 1.71. The van der Waals surface area contributed by atoms with E-state index in [0.29, 0.717) is 22.7 Å². The first kappa shape index (κ1) is 19.4. The van der Waals surface area contributed by atoms with Gasteiger partial charge in [0.15, 0.2) is 11.5 Å². The molecule has 0 saturated carbocycles. The highest BCUT2D eigenvalue weighted by Gasteiger charge is 2.47. The van der Waals surface area contributed by atoms with Gasteiger partial charge in [-0.1, -0.05) is 18.2 Å². The van der Waals surface area contributed by atoms with Crippen molar-refractivity contribution in [2.45, 2.75) is 19.9 Å². The molecule has 1 aromatic heterocycles. The number of amides is 1. The standard InChI is InChI=1S/C24H19NO5S/c1-13-5-3-6-16(14(13)2)25-21(19-7-4-10-31-19)20(23(27)24(25)28)22(26)15-8-9-17-18(11-15)30-12-29-17/h3-11,21,26H,12H2,1-2H3/b22-20-. The maximum absolute atomic E-state index is 13.2. The predicted octanol–water partition coefficient (Wildman–Crippen LogP) is 4.72. The van der Waals surface area contributed by atoms with Gasteiger partial charge in [0.1, 0.15) is 11.8 Å². The van der Waals surface area contributed by atoms with E-state index in [1.165, 1.54) is 16.2 Å². The van der Waals surface area contributed by atoms with Crippen LogP contribution in [0.2, 0.25) is 0 Å². The highest BCUT2D eigenvalue weighted by atomic mass is 32.1. The molecular weight excluding hydrogens is 414 g/mol. The molecule has 2 aromatic carbocycles. The molecule has 31 heavy (non-hydrogen) atoms. The van der Waals surface area contributed by atoms with Gasteiger partial charge in [-0.2, -0.15) is 0 Å². The van der Waals surface area contributed by atoms with Gasteiger partial charge in [0.05, 0.1) is 5.57 Å². The lowest BCUT2D eigenvalue weighted by molar-refractivity contribution is -0.132. The van der Waals surface area contributed by atoms with Gasteiger partial charge in [0.25, 0.3) is 11.7 Å². The SMILES string of the molecule is Cc1cccc(N2C(=O)C(=O)/C(=C(\O)c3ccc4c(c3)OCO4)C2c2cccs2)c1C. The maximum Gasteiger partial charge on any atom is 0.300 e. The molecule has 7 heteroatoms. The average molecular weight is 433 g/mol. The van der Waals surface area contributed by atoms with Gasteiger partial charge in [-0.15, -0.1) is 11.3 Å². The number of carbonyl (C=O) groups is 2. The first-order chi connectivity index (χ1) is 15.0. The van der Waals surface area contributed by atoms with Gasteiger partial charge in [-0.3, -0.25) is 14.5 Å². The number of thiophene rings is 1. The number of aliphatic hydroxyl groups is 1. The number of ketones is 1. The minimum Gasteiger partial charge on any atom is -0.507 e. The Hall–Kier alpha value is -3.58. The molecule has 3 heterocycles. The lowest BCUT2D eigenvalue weighted by Gasteiger charge is -2.26. The van der Waals surface area contributed by atoms with Crippen LogP contribution in [0.1, 0.15) is 27.6 Å². The second kappa shape index (κ2) is 7.28. The highest BCUT2D eigenvalue weighted by molar-refractivity contribution is 7.10. The third-order valence-electron chi connectivity index (χ3n) is 5.74. The third-order valence-corrected chi connectivity index (χ3v) is 6.66. The summed E-state index contributed by atoms with van der Waals surface area (Å²) < 4.78 is 10.7. The summed E-state index contributed by atoms with van der Waals surface area (Å²) in [5, 5.41) is 13.1. The number of rotatable bonds is 3. The van der Waals surface area contributed by atoms with E-state index in [4.69, 9.17) is 9.47 Å². The van der Waals surface area contributed by atoms with Crippen LogP contribution in [0.3, 0.4) is 0 Å². The maximum atomic E-state index is 13.2. The van der Waals surface area contributed by atoms with Crippen LogP contribution in [0.25, 0.3) is 5.76 Å². The van der Waals surface area contributed by atoms with E-state index in [-0.39, 0.29) is 18.1 Å². The van der Waals surface area contributed by atoms with Crippen molar-refractivity contribution in [1.82, 2.24) is 0 Å². The second-order valence-electron chi connectivity index (χ2n) is 7.47. The molecule has 1 saturated heterocycles. The predicted molar refractivity (Wildman–Crippen MR) is 118 cm³/mol. The first-order valence-corrected chi connectivity index (χ1v) is 10.7. The van der Waals surface area contributed by atoms with Gasteiger partial charge in [-0.05, 0) is 60.7 Å². The van der Waals surface area contributed by atoms with Crippen LogP contribution >= 0.6 is 11.3 Å². The minimum atomic E-state index is -0.717. The fourth-order valence-corrected chi connectivity index (χ4v) is 4.82. The van der Waals surface area contributed by atoms with E-state index < -0.39 is 17.7 Å². The van der Waals surface area contributed by atoms with Crippen LogP contribution in [-0.4, -0.2) is 23.6 Å². The van der Waals surface area contributed by atoms with Crippen molar-refractivity contribution >= 4 is 34.5 Å². The number of anilines is 1. The Morgan fingerprint density at radius 1 is 1.06 bits per heavy atom. The summed E-state index contributed by atoms with van der Waals surface area (Å²) in [5.41, 5.74) is 3.04. The molecule has 1 atom stereocenters. The molecule has 0 bridgehead atoms. The summed E-state index contributed by atoms with van der Waals surface area (Å²) >= 11 is 1.43. The molecule has 0 radical (unpaired) electrons. The second-order valence-corrected chi connectivity index (χ2v) is 8.45. The first-order valence-electron chi connectivity index (χ1n) is 9.78. The Kier molecular flexibility index (Phi) is 4.55. The Morgan fingerprint density at radius 3 is 2.65 bits per heavy atom. The lowest BCUT2D eigenvalue weighted by atomic mass is 9.99. The highest BCUT2D eigenvalue weighted by Crippen LogP contribution is 2.45. The van der Waals surface area contributed by atoms with Gasteiger partial charge < -0.3 is 14.6 Å². The molecule has 0 spiro atoms. The number of Topliss-reactive ketones (excluding diaryl/α,β-unsaturated/α-hetero) is 1. The molecule has 5 rings (SSSR count). The zero-order chi connectivity index (χ0) is 21.7. The van der Waals surface area contributed by atoms with Crippen LogP contribution < -0.4 is 14.4 Å². The number of fused-ring (bicyclic) bond motifs is 1. The quantitative estimate of drug-likeness (QED) is 0.367. The van der Waals surface area contributed by atoms with Crippen LogP contribution in [0.5, 0.6) is 11.5 Å². The van der Waals surface area contributed by atoms with Crippen LogP contribution in [0, 0.1) is 13.8 Å². The number of carbonyl (C=O) groups excluding carboxylic acids is 2. The largest absolute Gasteiger partial charge is 0.507 e. The minimum absolute atomic E-state index is 0.0622. The molecule has 1 amide bonds. The Labute approximate surface area is 183 Å². The summed E-state index contributed by atoms with van der Waals surface area (Å²) in [6, 6.07) is 13.6. The molecule has 156 valence electrons. The summed E-state index contributed by atoms with van der Waals surface area (Å²) in [6.07, 6.45) is 0. The number of benzene rings is 2. The Bertz CT molecular complexity index is 1240. The molecule has 0 aliphatic carbocycles. The topological polar surface area (TPSA) is 76.1 Å². The van der Waals surface area contributed by atoms with Crippen molar-refractivity contribution in [3.63, 3.8) is 0 Å². The van der Waals surface area contributed by atoms with Crippen LogP contribution in [0.15, 0.2) is 59.5 Å². The molecule has 2 aliphatic heterocycles. The van der Waals surface area contributed by atoms with E-state index >= 15 is 0 Å². The summed E-state index contributed by atoms with van der Waals surface area (Å²) in [6.45, 7) is 3.99. The van der Waals surface area contributed by atoms with Gasteiger partial charge in [0.2, 0.25) is 6.79 Å². The monoisotopic (exact) mass is 433 g/mol. The Morgan fingerprint density at radius 2 is 1.87 bits per heavy atom. The average Bonchev–Trinajstić information content (AvgIpc) is 3.50. The van der Waals surface area contributed by atoms with Crippen molar-refractivity contribution in [2.75, 3.05) is 11.7 Å². The van der Waals surface area contributed by atoms with E-state index in [0.717, 1.165) is 16.0 Å². The van der Waals surface area contributed by atoms with Crippen LogP contribution in [-0.2, 0) is 9.59 Å². The number of hydrogen-bond donors (Lipinski definition) is 1. The fourth-order valence-electron chi connectivity index (χ4n) is 3.99. The summed E-state index contributed by atoms with van der Waals surface area (Å²) in [4.78, 5) is 28.7. The summed E-state index contributed by atoms with van der Waals surface area (Å²) in [5.74, 6) is -0.547. The number of aryl methyl sites for hydroxylation is 1. The number of ether oxygens (including phenoxy) is 2. The van der Waals surface area contributed by atoms with Gasteiger partial charge in [0, 0.05) is 16.1 Å². The van der Waals surface area contributed by atoms with Crippen molar-refractivity contribution in [2.24, 2.45) is 0 Å². The van der Waals surface area contributed by atoms with E-state index in [1.807, 2.05) is 49.6 Å². The molecule has 1 unspecified atom stereocenters. The van der Waals surface area contributed by atoms with Crippen molar-refractivity contribution in [1.29, 1.82) is 0 Å². The number of hydrogen-bond acceptors (Lipinski definition) is 6. The smallest absolute Gasteiger partial charge is 0.300 e. The number of nitrogens with zero attached hydrogens (tertiary/aromatic N) is 1. The lowest BCUT2D eigenvalue weighted by Crippen LogP contribution is -2.29. The van der Waals surface area contributed by atoms with Gasteiger partial charge in [-0.25, -0.2) is 0 Å². The molecular formula is C24H19NO5S. The van der Waals surface area contributed by atoms with Crippen molar-refractivity contribution < 1.29 is 24.2 Å². The van der Waals surface area contributed by atoms with Crippen molar-refractivity contribution in [3.8, 4) is 11.5 Å². The molecule has 3 aromatic rings. The zero-order valence-corrected chi connectivity index (χ0v) is 17.7. The summed E-state index contributed by atoms with van der Waals surface area (Å²) in [7, 11) is 0. The van der Waals surface area contributed by atoms with E-state index in [9.17, 15) is 14.7 Å². The molecule has 6 nitrogen and oxygen atoms in total. The molecule has 1 fully saturated rings. The number of aliphatic hydroxyl groups excluding tert-OH is 1.